The van der Waals surface area contributed by atoms with Gasteiger partial charge in [-0.25, -0.2) is 0 Å². The Morgan fingerprint density at radius 1 is 1.39 bits per heavy atom. The second kappa shape index (κ2) is 4.91. The number of para-hydroxylation sites is 1. The minimum Gasteiger partial charge on any atom is -0.493 e. The number of rotatable bonds is 3. The predicted molar refractivity (Wildman–Crippen MR) is 67.9 cm³/mol. The molecule has 0 radical (unpaired) electrons. The lowest BCUT2D eigenvalue weighted by molar-refractivity contribution is 0.341. The Kier molecular flexibility index (Phi) is 3.32. The zero-order valence-corrected chi connectivity index (χ0v) is 10.2. The molecular formula is C13H14N2O3. The summed E-state index contributed by atoms with van der Waals surface area (Å²) >= 11 is 0. The van der Waals surface area contributed by atoms with Crippen molar-refractivity contribution in [2.75, 3.05) is 6.61 Å². The first-order chi connectivity index (χ1) is 8.63. The average molecular weight is 246 g/mol. The topological polar surface area (TPSA) is 75.2 Å². The zero-order valence-electron chi connectivity index (χ0n) is 10.2. The van der Waals surface area contributed by atoms with Crippen molar-refractivity contribution in [3.05, 3.63) is 40.2 Å². The standard InChI is InChI=1S/C13H14N2O3/c1-3-18-10-7-5-4-6-9(10)11-14-12(16)8(2)13(17)15-11/h4-7H,3H2,1-2H3,(H2,14,15,16,17). The highest BCUT2D eigenvalue weighted by Gasteiger charge is 2.11. The van der Waals surface area contributed by atoms with Gasteiger partial charge in [-0.15, -0.1) is 0 Å². The summed E-state index contributed by atoms with van der Waals surface area (Å²) in [5, 5.41) is 9.59. The van der Waals surface area contributed by atoms with Crippen LogP contribution in [0.5, 0.6) is 11.6 Å². The molecular weight excluding hydrogens is 232 g/mol. The van der Waals surface area contributed by atoms with E-state index < -0.39 is 0 Å². The number of hydrogen-bond donors (Lipinski definition) is 2. The van der Waals surface area contributed by atoms with E-state index in [0.717, 1.165) is 0 Å². The summed E-state index contributed by atoms with van der Waals surface area (Å²) in [5.74, 6) is 0.651. The lowest BCUT2D eigenvalue weighted by Crippen LogP contribution is -2.12. The van der Waals surface area contributed by atoms with Crippen molar-refractivity contribution in [2.24, 2.45) is 0 Å². The largest absolute Gasteiger partial charge is 0.493 e. The molecule has 18 heavy (non-hydrogen) atoms. The van der Waals surface area contributed by atoms with E-state index >= 15 is 0 Å². The van der Waals surface area contributed by atoms with Gasteiger partial charge in [0.2, 0.25) is 5.88 Å². The maximum absolute atomic E-state index is 11.6. The Balaban J connectivity index is 2.59. The van der Waals surface area contributed by atoms with Crippen LogP contribution in [0.15, 0.2) is 29.1 Å². The molecule has 1 aromatic heterocycles. The van der Waals surface area contributed by atoms with E-state index in [2.05, 4.69) is 9.97 Å². The van der Waals surface area contributed by atoms with Crippen molar-refractivity contribution in [1.82, 2.24) is 9.97 Å². The van der Waals surface area contributed by atoms with Gasteiger partial charge in [0.25, 0.3) is 5.56 Å². The molecule has 5 nitrogen and oxygen atoms in total. The highest BCUT2D eigenvalue weighted by molar-refractivity contribution is 5.64. The van der Waals surface area contributed by atoms with Crippen LogP contribution in [0.25, 0.3) is 11.4 Å². The average Bonchev–Trinajstić information content (AvgIpc) is 2.36. The maximum atomic E-state index is 11.6. The van der Waals surface area contributed by atoms with E-state index in [-0.39, 0.29) is 17.0 Å². The molecule has 0 bridgehead atoms. The fourth-order valence-corrected chi connectivity index (χ4v) is 1.59. The zero-order chi connectivity index (χ0) is 13.1. The molecule has 0 fully saturated rings. The van der Waals surface area contributed by atoms with E-state index in [0.29, 0.717) is 23.7 Å². The minimum atomic E-state index is -0.358. The molecule has 0 amide bonds. The fourth-order valence-electron chi connectivity index (χ4n) is 1.59. The van der Waals surface area contributed by atoms with Crippen LogP contribution in [-0.2, 0) is 0 Å². The molecule has 2 N–H and O–H groups in total. The van der Waals surface area contributed by atoms with Gasteiger partial charge in [0.05, 0.1) is 17.7 Å². The number of H-pyrrole nitrogens is 1. The number of nitrogens with zero attached hydrogens (tertiary/aromatic N) is 1. The van der Waals surface area contributed by atoms with E-state index in [1.165, 1.54) is 6.92 Å². The molecule has 0 aliphatic carbocycles. The van der Waals surface area contributed by atoms with Crippen molar-refractivity contribution in [1.29, 1.82) is 0 Å². The molecule has 0 saturated heterocycles. The third kappa shape index (κ3) is 2.20. The molecule has 94 valence electrons. The Labute approximate surface area is 104 Å². The molecule has 2 rings (SSSR count). The van der Waals surface area contributed by atoms with Crippen LogP contribution >= 0.6 is 0 Å². The van der Waals surface area contributed by atoms with Gasteiger partial charge >= 0.3 is 0 Å². The normalized spacial score (nSPS) is 10.3. The van der Waals surface area contributed by atoms with Gasteiger partial charge in [-0.1, -0.05) is 12.1 Å². The van der Waals surface area contributed by atoms with E-state index in [4.69, 9.17) is 4.74 Å². The van der Waals surface area contributed by atoms with Crippen molar-refractivity contribution >= 4 is 0 Å². The summed E-state index contributed by atoms with van der Waals surface area (Å²) in [5.41, 5.74) is 0.489. The van der Waals surface area contributed by atoms with E-state index in [9.17, 15) is 9.90 Å². The number of benzene rings is 1. The Hall–Kier alpha value is -2.30. The second-order valence-corrected chi connectivity index (χ2v) is 3.79. The van der Waals surface area contributed by atoms with Crippen molar-refractivity contribution < 1.29 is 9.84 Å². The van der Waals surface area contributed by atoms with Crippen LogP contribution < -0.4 is 10.3 Å². The highest BCUT2D eigenvalue weighted by Crippen LogP contribution is 2.27. The molecule has 2 aromatic rings. The first-order valence-corrected chi connectivity index (χ1v) is 5.65. The second-order valence-electron chi connectivity index (χ2n) is 3.79. The molecule has 0 aliphatic heterocycles. The quantitative estimate of drug-likeness (QED) is 0.866. The van der Waals surface area contributed by atoms with Gasteiger partial charge in [-0.2, -0.15) is 4.98 Å². The van der Waals surface area contributed by atoms with Gasteiger partial charge in [-0.3, -0.25) is 4.79 Å². The molecule has 0 saturated carbocycles. The van der Waals surface area contributed by atoms with Gasteiger partial charge in [0.1, 0.15) is 11.6 Å². The number of hydrogen-bond acceptors (Lipinski definition) is 4. The van der Waals surface area contributed by atoms with Crippen molar-refractivity contribution in [3.8, 4) is 23.0 Å². The van der Waals surface area contributed by atoms with Crippen LogP contribution in [0.1, 0.15) is 12.5 Å². The summed E-state index contributed by atoms with van der Waals surface area (Å²) in [7, 11) is 0. The lowest BCUT2D eigenvalue weighted by Gasteiger charge is -2.09. The Morgan fingerprint density at radius 3 is 2.78 bits per heavy atom. The van der Waals surface area contributed by atoms with Crippen LogP contribution in [0.3, 0.4) is 0 Å². The first-order valence-electron chi connectivity index (χ1n) is 5.65. The predicted octanol–water partition coefficient (Wildman–Crippen LogP) is 1.85. The molecule has 1 heterocycles. The maximum Gasteiger partial charge on any atom is 0.257 e. The van der Waals surface area contributed by atoms with Crippen LogP contribution in [-0.4, -0.2) is 21.7 Å². The summed E-state index contributed by atoms with van der Waals surface area (Å²) in [4.78, 5) is 18.2. The van der Waals surface area contributed by atoms with E-state index in [1.807, 2.05) is 19.1 Å². The number of aromatic amines is 1. The third-order valence-electron chi connectivity index (χ3n) is 2.57. The Morgan fingerprint density at radius 2 is 2.11 bits per heavy atom. The number of ether oxygens (including phenoxy) is 1. The third-order valence-corrected chi connectivity index (χ3v) is 2.57. The first kappa shape index (κ1) is 12.2. The SMILES string of the molecule is CCOc1ccccc1-c1nc(O)c(C)c(=O)[nH]1. The minimum absolute atomic E-state index is 0.202. The van der Waals surface area contributed by atoms with Crippen LogP contribution in [0, 0.1) is 6.92 Å². The number of aromatic hydroxyl groups is 1. The number of aromatic nitrogens is 2. The van der Waals surface area contributed by atoms with Crippen molar-refractivity contribution in [2.45, 2.75) is 13.8 Å². The molecule has 0 unspecified atom stereocenters. The lowest BCUT2D eigenvalue weighted by atomic mass is 10.2. The van der Waals surface area contributed by atoms with Crippen LogP contribution in [0.2, 0.25) is 0 Å². The summed E-state index contributed by atoms with van der Waals surface area (Å²) in [6, 6.07) is 7.21. The number of nitrogens with one attached hydrogen (secondary N) is 1. The Bertz CT molecular complexity index is 620. The fraction of sp³-hybridized carbons (Fsp3) is 0.231. The highest BCUT2D eigenvalue weighted by atomic mass is 16.5. The van der Waals surface area contributed by atoms with Crippen LogP contribution in [0.4, 0.5) is 0 Å². The molecule has 0 atom stereocenters. The smallest absolute Gasteiger partial charge is 0.257 e. The summed E-state index contributed by atoms with van der Waals surface area (Å²) in [6.45, 7) is 3.90. The van der Waals surface area contributed by atoms with Gasteiger partial charge in [0, 0.05) is 0 Å². The van der Waals surface area contributed by atoms with Gasteiger partial charge in [0.15, 0.2) is 0 Å². The van der Waals surface area contributed by atoms with Gasteiger partial charge < -0.3 is 14.8 Å². The summed E-state index contributed by atoms with van der Waals surface area (Å²) in [6.07, 6.45) is 0. The van der Waals surface area contributed by atoms with Gasteiger partial charge in [-0.05, 0) is 26.0 Å². The summed E-state index contributed by atoms with van der Waals surface area (Å²) < 4.78 is 5.46. The van der Waals surface area contributed by atoms with Crippen molar-refractivity contribution in [3.63, 3.8) is 0 Å². The molecule has 0 spiro atoms. The molecule has 1 aromatic carbocycles. The molecule has 5 heteroatoms. The molecule has 0 aliphatic rings. The van der Waals surface area contributed by atoms with E-state index in [1.54, 1.807) is 12.1 Å². The monoisotopic (exact) mass is 246 g/mol.